The summed E-state index contributed by atoms with van der Waals surface area (Å²) in [6.45, 7) is 4.20. The zero-order valence-corrected chi connectivity index (χ0v) is 15.2. The Morgan fingerprint density at radius 2 is 1.54 bits per heavy atom. The van der Waals surface area contributed by atoms with E-state index < -0.39 is 0 Å². The quantitative estimate of drug-likeness (QED) is 0.491. The third kappa shape index (κ3) is 3.40. The van der Waals surface area contributed by atoms with Crippen molar-refractivity contribution >= 4 is 29.7 Å². The molecule has 122 valence electrons. The molecule has 0 aliphatic heterocycles. The number of thiol groups is 1. The van der Waals surface area contributed by atoms with E-state index in [0.29, 0.717) is 11.1 Å². The van der Waals surface area contributed by atoms with Gasteiger partial charge >= 0.3 is 0 Å². The third-order valence-electron chi connectivity index (χ3n) is 3.95. The van der Waals surface area contributed by atoms with Gasteiger partial charge in [-0.1, -0.05) is 24.3 Å². The van der Waals surface area contributed by atoms with Crippen LogP contribution >= 0.6 is 24.0 Å². The van der Waals surface area contributed by atoms with Gasteiger partial charge in [0, 0.05) is 20.9 Å². The minimum Gasteiger partial charge on any atom is -0.508 e. The Morgan fingerprint density at radius 3 is 2.04 bits per heavy atom. The fourth-order valence-corrected chi connectivity index (χ4v) is 4.26. The Labute approximate surface area is 151 Å². The number of rotatable bonds is 4. The lowest BCUT2D eigenvalue weighted by Gasteiger charge is -2.11. The van der Waals surface area contributed by atoms with Gasteiger partial charge in [0.05, 0.1) is 5.25 Å². The summed E-state index contributed by atoms with van der Waals surface area (Å²) in [5.41, 5.74) is 3.52. The molecule has 1 unspecified atom stereocenters. The molecule has 0 fully saturated rings. The highest BCUT2D eigenvalue weighted by atomic mass is 32.1. The second-order valence-corrected chi connectivity index (χ2v) is 7.61. The average Bonchev–Trinajstić information content (AvgIpc) is 2.93. The van der Waals surface area contributed by atoms with Gasteiger partial charge in [-0.2, -0.15) is 12.6 Å². The monoisotopic (exact) mass is 354 g/mol. The zero-order valence-electron chi connectivity index (χ0n) is 13.5. The van der Waals surface area contributed by atoms with Crippen LogP contribution in [0.2, 0.25) is 0 Å². The summed E-state index contributed by atoms with van der Waals surface area (Å²) in [4.78, 5) is 15.0. The summed E-state index contributed by atoms with van der Waals surface area (Å²) in [6.07, 6.45) is 0. The molecule has 0 bridgehead atoms. The van der Waals surface area contributed by atoms with E-state index >= 15 is 0 Å². The lowest BCUT2D eigenvalue weighted by Crippen LogP contribution is -2.01. The molecule has 0 radical (unpaired) electrons. The van der Waals surface area contributed by atoms with Crippen LogP contribution in [-0.4, -0.2) is 10.9 Å². The van der Waals surface area contributed by atoms with Crippen LogP contribution < -0.4 is 0 Å². The van der Waals surface area contributed by atoms with Crippen molar-refractivity contribution in [3.05, 3.63) is 86.6 Å². The molecule has 1 heterocycles. The number of thiophene rings is 1. The molecule has 0 aliphatic rings. The minimum absolute atomic E-state index is 0.0153. The van der Waals surface area contributed by atoms with Crippen molar-refractivity contribution in [3.8, 4) is 5.75 Å². The Balaban J connectivity index is 1.84. The van der Waals surface area contributed by atoms with Crippen LogP contribution in [0.3, 0.4) is 0 Å². The van der Waals surface area contributed by atoms with Crippen molar-refractivity contribution in [2.24, 2.45) is 0 Å². The van der Waals surface area contributed by atoms with Crippen LogP contribution in [0.4, 0.5) is 0 Å². The van der Waals surface area contributed by atoms with Gasteiger partial charge in [0.25, 0.3) is 0 Å². The van der Waals surface area contributed by atoms with Crippen molar-refractivity contribution in [3.63, 3.8) is 0 Å². The maximum atomic E-state index is 12.5. The van der Waals surface area contributed by atoms with E-state index in [2.05, 4.69) is 19.9 Å². The summed E-state index contributed by atoms with van der Waals surface area (Å²) in [7, 11) is 0. The number of aromatic hydroxyl groups is 1. The number of hydrogen-bond acceptors (Lipinski definition) is 4. The first-order chi connectivity index (χ1) is 11.5. The van der Waals surface area contributed by atoms with Gasteiger partial charge in [-0.3, -0.25) is 4.79 Å². The first kappa shape index (κ1) is 16.8. The Hall–Kier alpha value is -2.04. The van der Waals surface area contributed by atoms with Gasteiger partial charge < -0.3 is 5.11 Å². The van der Waals surface area contributed by atoms with Crippen LogP contribution in [0.5, 0.6) is 5.75 Å². The molecule has 2 aromatic carbocycles. The standard InChI is InChI=1S/C20H18O2S2/c1-12-11-13(2)24-20(12)19(23)16-5-3-14(4-6-16)18(22)15-7-9-17(21)10-8-15/h3-11,19,21,23H,1-2H3. The highest BCUT2D eigenvalue weighted by Gasteiger charge is 2.16. The number of benzene rings is 2. The predicted octanol–water partition coefficient (Wildman–Crippen LogP) is 5.32. The normalized spacial score (nSPS) is 12.1. The summed E-state index contributed by atoms with van der Waals surface area (Å²) in [5, 5.41) is 9.34. The number of phenols is 1. The lowest BCUT2D eigenvalue weighted by atomic mass is 10.0. The molecule has 24 heavy (non-hydrogen) atoms. The van der Waals surface area contributed by atoms with Crippen LogP contribution in [0.1, 0.15) is 42.1 Å². The van der Waals surface area contributed by atoms with E-state index in [0.717, 1.165) is 5.56 Å². The van der Waals surface area contributed by atoms with Gasteiger partial charge in [-0.25, -0.2) is 0 Å². The summed E-state index contributed by atoms with van der Waals surface area (Å²) in [6, 6.07) is 16.1. The van der Waals surface area contributed by atoms with Crippen molar-refractivity contribution < 1.29 is 9.90 Å². The molecule has 4 heteroatoms. The fraction of sp³-hybridized carbons (Fsp3) is 0.150. The molecule has 0 spiro atoms. The molecule has 0 amide bonds. The molecule has 2 nitrogen and oxygen atoms in total. The summed E-state index contributed by atoms with van der Waals surface area (Å²) >= 11 is 6.52. The molecule has 3 aromatic rings. The molecular formula is C20H18O2S2. The number of carbonyl (C=O) groups excluding carboxylic acids is 1. The van der Waals surface area contributed by atoms with Gasteiger partial charge in [0.15, 0.2) is 5.78 Å². The third-order valence-corrected chi connectivity index (χ3v) is 5.89. The fourth-order valence-electron chi connectivity index (χ4n) is 2.68. The highest BCUT2D eigenvalue weighted by molar-refractivity contribution is 7.81. The molecular weight excluding hydrogens is 336 g/mol. The van der Waals surface area contributed by atoms with Crippen LogP contribution in [0.25, 0.3) is 0 Å². The van der Waals surface area contributed by atoms with Gasteiger partial charge in [0.1, 0.15) is 5.75 Å². The number of aryl methyl sites for hydroxylation is 2. The second kappa shape index (κ2) is 6.83. The van der Waals surface area contributed by atoms with Crippen LogP contribution in [0, 0.1) is 13.8 Å². The Bertz CT molecular complexity index is 862. The van der Waals surface area contributed by atoms with E-state index in [1.807, 2.05) is 24.3 Å². The van der Waals surface area contributed by atoms with Gasteiger partial charge in [-0.05, 0) is 55.3 Å². The molecule has 1 N–H and O–H groups in total. The minimum atomic E-state index is -0.0552. The smallest absolute Gasteiger partial charge is 0.193 e. The van der Waals surface area contributed by atoms with E-state index in [1.54, 1.807) is 23.5 Å². The van der Waals surface area contributed by atoms with E-state index in [4.69, 9.17) is 12.6 Å². The number of carbonyl (C=O) groups is 1. The SMILES string of the molecule is Cc1cc(C)c(C(S)c2ccc(C(=O)c3ccc(O)cc3)cc2)s1. The molecule has 0 aliphatic carbocycles. The van der Waals surface area contributed by atoms with Crippen molar-refractivity contribution in [1.29, 1.82) is 0 Å². The topological polar surface area (TPSA) is 37.3 Å². The van der Waals surface area contributed by atoms with Gasteiger partial charge in [0.2, 0.25) is 0 Å². The van der Waals surface area contributed by atoms with Gasteiger partial charge in [-0.15, -0.1) is 11.3 Å². The summed E-state index contributed by atoms with van der Waals surface area (Å²) < 4.78 is 0. The van der Waals surface area contributed by atoms with Crippen LogP contribution in [-0.2, 0) is 0 Å². The predicted molar refractivity (Wildman–Crippen MR) is 103 cm³/mol. The Morgan fingerprint density at radius 1 is 1.00 bits per heavy atom. The van der Waals surface area contributed by atoms with E-state index in [-0.39, 0.29) is 16.8 Å². The molecule has 1 aromatic heterocycles. The summed E-state index contributed by atoms with van der Waals surface area (Å²) in [5.74, 6) is 0.0989. The average molecular weight is 354 g/mol. The number of hydrogen-bond donors (Lipinski definition) is 2. The number of ketones is 1. The first-order valence-corrected chi connectivity index (χ1v) is 8.97. The first-order valence-electron chi connectivity index (χ1n) is 7.64. The maximum Gasteiger partial charge on any atom is 0.193 e. The molecule has 0 saturated heterocycles. The second-order valence-electron chi connectivity index (χ2n) is 5.80. The van der Waals surface area contributed by atoms with Crippen molar-refractivity contribution in [1.82, 2.24) is 0 Å². The van der Waals surface area contributed by atoms with E-state index in [9.17, 15) is 9.90 Å². The largest absolute Gasteiger partial charge is 0.508 e. The lowest BCUT2D eigenvalue weighted by molar-refractivity contribution is 0.103. The zero-order chi connectivity index (χ0) is 17.3. The molecule has 3 rings (SSSR count). The van der Waals surface area contributed by atoms with Crippen LogP contribution in [0.15, 0.2) is 54.6 Å². The van der Waals surface area contributed by atoms with Crippen molar-refractivity contribution in [2.75, 3.05) is 0 Å². The Kier molecular flexibility index (Phi) is 4.78. The number of phenolic OH excluding ortho intramolecular Hbond substituents is 1. The van der Waals surface area contributed by atoms with E-state index in [1.165, 1.54) is 27.5 Å². The molecule has 0 saturated carbocycles. The highest BCUT2D eigenvalue weighted by Crippen LogP contribution is 2.36. The van der Waals surface area contributed by atoms with Crippen molar-refractivity contribution in [2.45, 2.75) is 19.1 Å². The molecule has 1 atom stereocenters. The maximum absolute atomic E-state index is 12.5.